The number of hydrogen-bond acceptors (Lipinski definition) is 3. The molecule has 0 spiro atoms. The zero-order chi connectivity index (χ0) is 12.1. The molecule has 1 atom stereocenters. The molecule has 0 radical (unpaired) electrons. The Kier molecular flexibility index (Phi) is 4.00. The first-order valence-electron chi connectivity index (χ1n) is 4.94. The van der Waals surface area contributed by atoms with Crippen LogP contribution in [0.4, 0.5) is 0 Å². The van der Waals surface area contributed by atoms with Crippen LogP contribution in [-0.4, -0.2) is 11.8 Å². The summed E-state index contributed by atoms with van der Waals surface area (Å²) in [5.74, 6) is -0.619. The highest BCUT2D eigenvalue weighted by Gasteiger charge is 2.20. The average Bonchev–Trinajstić information content (AvgIpc) is 2.26. The van der Waals surface area contributed by atoms with Gasteiger partial charge in [0.25, 0.3) is 0 Å². The number of hydrogen-bond donors (Lipinski definition) is 0. The molecule has 0 aromatic heterocycles. The minimum atomic E-state index is -0.684. The predicted molar refractivity (Wildman–Crippen MR) is 60.8 cm³/mol. The van der Waals surface area contributed by atoms with E-state index in [0.717, 1.165) is 5.56 Å². The summed E-state index contributed by atoms with van der Waals surface area (Å²) >= 11 is 0. The Morgan fingerprint density at radius 3 is 2.19 bits per heavy atom. The van der Waals surface area contributed by atoms with E-state index in [2.05, 4.69) is 6.58 Å². The molecule has 1 aromatic rings. The first kappa shape index (κ1) is 12.2. The summed E-state index contributed by atoms with van der Waals surface area (Å²) in [6.45, 7) is 6.37. The van der Waals surface area contributed by atoms with Crippen LogP contribution in [0.15, 0.2) is 42.5 Å². The van der Waals surface area contributed by atoms with Gasteiger partial charge in [0.15, 0.2) is 11.9 Å². The second kappa shape index (κ2) is 5.26. The van der Waals surface area contributed by atoms with Crippen LogP contribution in [0.5, 0.6) is 0 Å². The zero-order valence-electron chi connectivity index (χ0n) is 9.40. The van der Waals surface area contributed by atoms with E-state index in [1.807, 2.05) is 18.2 Å². The van der Waals surface area contributed by atoms with Crippen molar-refractivity contribution in [3.63, 3.8) is 0 Å². The topological polar surface area (TPSA) is 43.4 Å². The number of carbonyl (C=O) groups is 2. The van der Waals surface area contributed by atoms with Gasteiger partial charge in [0.05, 0.1) is 0 Å². The molecule has 3 heteroatoms. The minimum Gasteiger partial charge on any atom is -0.453 e. The van der Waals surface area contributed by atoms with Gasteiger partial charge in [-0.3, -0.25) is 9.59 Å². The fourth-order valence-electron chi connectivity index (χ4n) is 1.32. The summed E-state index contributed by atoms with van der Waals surface area (Å²) in [4.78, 5) is 22.2. The van der Waals surface area contributed by atoms with Crippen molar-refractivity contribution < 1.29 is 14.3 Å². The van der Waals surface area contributed by atoms with Gasteiger partial charge in [0.1, 0.15) is 0 Å². The van der Waals surface area contributed by atoms with Crippen molar-refractivity contribution >= 4 is 11.8 Å². The van der Waals surface area contributed by atoms with Gasteiger partial charge >= 0.3 is 5.97 Å². The van der Waals surface area contributed by atoms with E-state index in [0.29, 0.717) is 0 Å². The Labute approximate surface area is 94.7 Å². The molecule has 0 aliphatic heterocycles. The quantitative estimate of drug-likeness (QED) is 0.576. The predicted octanol–water partition coefficient (Wildman–Crippen LogP) is 2.44. The van der Waals surface area contributed by atoms with Crippen molar-refractivity contribution in [2.45, 2.75) is 20.0 Å². The summed E-state index contributed by atoms with van der Waals surface area (Å²) in [7, 11) is 0. The number of rotatable bonds is 4. The van der Waals surface area contributed by atoms with Crippen LogP contribution in [0.25, 0.3) is 0 Å². The van der Waals surface area contributed by atoms with Crippen molar-refractivity contribution in [3.8, 4) is 0 Å². The molecule has 1 aromatic carbocycles. The SMILES string of the molecule is C=C(C(C)=O)C(OC(C)=O)c1ccccc1. The van der Waals surface area contributed by atoms with Gasteiger partial charge in [-0.25, -0.2) is 0 Å². The molecule has 84 valence electrons. The van der Waals surface area contributed by atoms with Crippen LogP contribution in [0.1, 0.15) is 25.5 Å². The van der Waals surface area contributed by atoms with Crippen molar-refractivity contribution in [1.82, 2.24) is 0 Å². The van der Waals surface area contributed by atoms with Crippen molar-refractivity contribution in [2.24, 2.45) is 0 Å². The summed E-state index contributed by atoms with van der Waals surface area (Å²) in [6, 6.07) is 9.08. The zero-order valence-corrected chi connectivity index (χ0v) is 9.40. The fraction of sp³-hybridized carbons (Fsp3) is 0.231. The third kappa shape index (κ3) is 3.05. The Morgan fingerprint density at radius 1 is 1.19 bits per heavy atom. The first-order valence-corrected chi connectivity index (χ1v) is 4.94. The van der Waals surface area contributed by atoms with E-state index < -0.39 is 12.1 Å². The lowest BCUT2D eigenvalue weighted by Crippen LogP contribution is -2.14. The van der Waals surface area contributed by atoms with Crippen LogP contribution < -0.4 is 0 Å². The molecule has 3 nitrogen and oxygen atoms in total. The van der Waals surface area contributed by atoms with E-state index in [1.54, 1.807) is 12.1 Å². The van der Waals surface area contributed by atoms with Crippen molar-refractivity contribution in [2.75, 3.05) is 0 Å². The second-order valence-corrected chi connectivity index (χ2v) is 3.48. The normalized spacial score (nSPS) is 11.6. The maximum atomic E-state index is 11.2. The van der Waals surface area contributed by atoms with E-state index in [4.69, 9.17) is 4.74 Å². The molecule has 0 heterocycles. The third-order valence-corrected chi connectivity index (χ3v) is 2.15. The lowest BCUT2D eigenvalue weighted by molar-refractivity contribution is -0.145. The maximum Gasteiger partial charge on any atom is 0.303 e. The third-order valence-electron chi connectivity index (χ3n) is 2.15. The highest BCUT2D eigenvalue weighted by atomic mass is 16.5. The van der Waals surface area contributed by atoms with Gasteiger partial charge in [-0.05, 0) is 12.5 Å². The van der Waals surface area contributed by atoms with Gasteiger partial charge in [-0.15, -0.1) is 0 Å². The van der Waals surface area contributed by atoms with Crippen LogP contribution in [0.3, 0.4) is 0 Å². The van der Waals surface area contributed by atoms with E-state index in [-0.39, 0.29) is 11.4 Å². The molecule has 0 aliphatic rings. The lowest BCUT2D eigenvalue weighted by Gasteiger charge is -2.18. The molecule has 16 heavy (non-hydrogen) atoms. The van der Waals surface area contributed by atoms with Gasteiger partial charge in [-0.2, -0.15) is 0 Å². The molecule has 1 unspecified atom stereocenters. The minimum absolute atomic E-state index is 0.185. The van der Waals surface area contributed by atoms with Crippen molar-refractivity contribution in [3.05, 3.63) is 48.0 Å². The highest BCUT2D eigenvalue weighted by Crippen LogP contribution is 2.25. The molecule has 0 saturated carbocycles. The van der Waals surface area contributed by atoms with E-state index in [9.17, 15) is 9.59 Å². The van der Waals surface area contributed by atoms with Crippen LogP contribution in [-0.2, 0) is 14.3 Å². The monoisotopic (exact) mass is 218 g/mol. The molecule has 1 rings (SSSR count). The molecule has 0 amide bonds. The molecule has 0 saturated heterocycles. The second-order valence-electron chi connectivity index (χ2n) is 3.48. The molecule has 0 N–H and O–H groups in total. The Hall–Kier alpha value is -1.90. The standard InChI is InChI=1S/C13H14O3/c1-9(10(2)14)13(16-11(3)15)12-7-5-4-6-8-12/h4-8,13H,1H2,2-3H3. The Balaban J connectivity index is 3.01. The van der Waals surface area contributed by atoms with E-state index in [1.165, 1.54) is 13.8 Å². The number of Topliss-reactive ketones (excluding diaryl/α,β-unsaturated/α-hetero) is 1. The van der Waals surface area contributed by atoms with Gasteiger partial charge in [0.2, 0.25) is 0 Å². The maximum absolute atomic E-state index is 11.2. The summed E-state index contributed by atoms with van der Waals surface area (Å²) < 4.78 is 5.10. The molecule has 0 bridgehead atoms. The first-order chi connectivity index (χ1) is 7.52. The van der Waals surface area contributed by atoms with Crippen LogP contribution in [0, 0.1) is 0 Å². The van der Waals surface area contributed by atoms with Crippen LogP contribution in [0.2, 0.25) is 0 Å². The molecular weight excluding hydrogens is 204 g/mol. The smallest absolute Gasteiger partial charge is 0.303 e. The Morgan fingerprint density at radius 2 is 1.75 bits per heavy atom. The van der Waals surface area contributed by atoms with E-state index >= 15 is 0 Å². The largest absolute Gasteiger partial charge is 0.453 e. The highest BCUT2D eigenvalue weighted by molar-refractivity contribution is 5.94. The van der Waals surface area contributed by atoms with Crippen LogP contribution >= 0.6 is 0 Å². The number of carbonyl (C=O) groups excluding carboxylic acids is 2. The van der Waals surface area contributed by atoms with Gasteiger partial charge < -0.3 is 4.74 Å². The van der Waals surface area contributed by atoms with Crippen molar-refractivity contribution in [1.29, 1.82) is 0 Å². The number of benzene rings is 1. The summed E-state index contributed by atoms with van der Waals surface area (Å²) in [5, 5.41) is 0. The van der Waals surface area contributed by atoms with Gasteiger partial charge in [0, 0.05) is 12.5 Å². The summed E-state index contributed by atoms with van der Waals surface area (Å²) in [6.07, 6.45) is -0.684. The molecular formula is C13H14O3. The number of esters is 1. The number of ketones is 1. The lowest BCUT2D eigenvalue weighted by atomic mass is 10.0. The molecule has 0 aliphatic carbocycles. The summed E-state index contributed by atoms with van der Waals surface area (Å²) in [5.41, 5.74) is 1.03. The number of ether oxygens (including phenoxy) is 1. The Bertz CT molecular complexity index is 406. The molecule has 0 fully saturated rings. The van der Waals surface area contributed by atoms with Gasteiger partial charge in [-0.1, -0.05) is 36.9 Å². The average molecular weight is 218 g/mol. The fourth-order valence-corrected chi connectivity index (χ4v) is 1.32.